The summed E-state index contributed by atoms with van der Waals surface area (Å²) in [5.74, 6) is 0.716. The molecule has 1 heterocycles. The van der Waals surface area contributed by atoms with Crippen molar-refractivity contribution in [2.24, 2.45) is 0 Å². The Morgan fingerprint density at radius 2 is 1.90 bits per heavy atom. The number of hydrogen-bond acceptors (Lipinski definition) is 4. The number of hydrogen-bond donors (Lipinski definition) is 0. The number of carbonyl (C=O) groups is 1. The Labute approximate surface area is 126 Å². The van der Waals surface area contributed by atoms with Crippen molar-refractivity contribution < 1.29 is 9.53 Å². The molecule has 3 rings (SSSR count). The van der Waals surface area contributed by atoms with Crippen molar-refractivity contribution >= 4 is 23.6 Å². The third-order valence-electron chi connectivity index (χ3n) is 3.06. The van der Waals surface area contributed by atoms with Gasteiger partial charge in [0.15, 0.2) is 6.61 Å². The minimum absolute atomic E-state index is 0.0318. The fourth-order valence-corrected chi connectivity index (χ4v) is 3.11. The van der Waals surface area contributed by atoms with Crippen LogP contribution in [0.5, 0.6) is 5.75 Å². The summed E-state index contributed by atoms with van der Waals surface area (Å²) in [6, 6.07) is 16.9. The molecule has 21 heavy (non-hydrogen) atoms. The highest BCUT2D eigenvalue weighted by atomic mass is 32.2. The van der Waals surface area contributed by atoms with Crippen molar-refractivity contribution in [2.75, 3.05) is 6.61 Å². The van der Waals surface area contributed by atoms with Crippen LogP contribution in [-0.2, 0) is 0 Å². The number of fused-ring (bicyclic) bond motifs is 1. The number of Topliss-reactive ketones (excluding diaryl/α,β-unsaturated/α-hetero) is 1. The van der Waals surface area contributed by atoms with Gasteiger partial charge in [-0.2, -0.15) is 5.26 Å². The number of rotatable bonds is 3. The van der Waals surface area contributed by atoms with E-state index in [0.29, 0.717) is 5.75 Å². The molecule has 0 fully saturated rings. The monoisotopic (exact) mass is 293 g/mol. The molecule has 2 aromatic carbocycles. The van der Waals surface area contributed by atoms with Crippen molar-refractivity contribution in [3.8, 4) is 11.8 Å². The maximum Gasteiger partial charge on any atom is 0.200 e. The van der Waals surface area contributed by atoms with Crippen LogP contribution in [0.25, 0.3) is 6.08 Å². The fourth-order valence-electron chi connectivity index (χ4n) is 2.06. The second-order valence-corrected chi connectivity index (χ2v) is 5.54. The average Bonchev–Trinajstić information content (AvgIpc) is 2.83. The van der Waals surface area contributed by atoms with Crippen LogP contribution in [0.1, 0.15) is 15.9 Å². The summed E-state index contributed by atoms with van der Waals surface area (Å²) in [4.78, 5) is 14.0. The molecule has 3 nitrogen and oxygen atoms in total. The SMILES string of the molecule is N#CCOc1ccc(/C=C2\Sc3ccccc3C2=O)cc1. The zero-order valence-electron chi connectivity index (χ0n) is 11.1. The molecule has 2 aromatic rings. The first-order valence-electron chi connectivity index (χ1n) is 6.41. The Balaban J connectivity index is 1.81. The van der Waals surface area contributed by atoms with Gasteiger partial charge in [0.05, 0.1) is 4.91 Å². The molecule has 0 spiro atoms. The Hall–Kier alpha value is -2.51. The van der Waals surface area contributed by atoms with Crippen molar-refractivity contribution in [3.05, 3.63) is 64.6 Å². The first-order chi connectivity index (χ1) is 10.3. The highest BCUT2D eigenvalue weighted by molar-refractivity contribution is 8.04. The van der Waals surface area contributed by atoms with Crippen LogP contribution in [-0.4, -0.2) is 12.4 Å². The summed E-state index contributed by atoms with van der Waals surface area (Å²) >= 11 is 1.49. The molecule has 1 aliphatic rings. The minimum Gasteiger partial charge on any atom is -0.479 e. The van der Waals surface area contributed by atoms with Crippen molar-refractivity contribution in [1.29, 1.82) is 5.26 Å². The van der Waals surface area contributed by atoms with E-state index in [4.69, 9.17) is 10.00 Å². The third-order valence-corrected chi connectivity index (χ3v) is 4.16. The van der Waals surface area contributed by atoms with E-state index >= 15 is 0 Å². The standard InChI is InChI=1S/C17H11NO2S/c18-9-10-20-13-7-5-12(6-8-13)11-16-17(19)14-3-1-2-4-15(14)21-16/h1-8,11H,10H2/b16-11-. The summed E-state index contributed by atoms with van der Waals surface area (Å²) in [5.41, 5.74) is 1.70. The number of ether oxygens (including phenoxy) is 1. The molecule has 102 valence electrons. The molecule has 0 saturated carbocycles. The van der Waals surface area contributed by atoms with Crippen LogP contribution in [0, 0.1) is 11.3 Å². The molecule has 0 amide bonds. The summed E-state index contributed by atoms with van der Waals surface area (Å²) in [6.45, 7) is 0.0318. The van der Waals surface area contributed by atoms with Crippen LogP contribution in [0.2, 0.25) is 0 Å². The lowest BCUT2D eigenvalue weighted by atomic mass is 10.1. The molecule has 0 N–H and O–H groups in total. The Morgan fingerprint density at radius 1 is 1.14 bits per heavy atom. The molecule has 0 aromatic heterocycles. The minimum atomic E-state index is 0.0318. The van der Waals surface area contributed by atoms with E-state index in [2.05, 4.69) is 0 Å². The summed E-state index contributed by atoms with van der Waals surface area (Å²) in [7, 11) is 0. The van der Waals surface area contributed by atoms with Gasteiger partial charge in [-0.25, -0.2) is 0 Å². The van der Waals surface area contributed by atoms with Crippen LogP contribution in [0.3, 0.4) is 0 Å². The van der Waals surface area contributed by atoms with E-state index in [0.717, 1.165) is 20.9 Å². The van der Waals surface area contributed by atoms with Gasteiger partial charge in [0, 0.05) is 10.5 Å². The number of carbonyl (C=O) groups excluding carboxylic acids is 1. The Bertz CT molecular complexity index is 757. The first kappa shape index (κ1) is 13.5. The smallest absolute Gasteiger partial charge is 0.200 e. The van der Waals surface area contributed by atoms with E-state index in [1.165, 1.54) is 11.8 Å². The lowest BCUT2D eigenvalue weighted by molar-refractivity contribution is 0.104. The third kappa shape index (κ3) is 2.83. The summed E-state index contributed by atoms with van der Waals surface area (Å²) < 4.78 is 5.20. The molecule has 0 aliphatic carbocycles. The molecular formula is C17H11NO2S. The largest absolute Gasteiger partial charge is 0.479 e. The maximum atomic E-state index is 12.3. The second-order valence-electron chi connectivity index (χ2n) is 4.45. The fraction of sp³-hybridized carbons (Fsp3) is 0.0588. The second kappa shape index (κ2) is 5.86. The maximum absolute atomic E-state index is 12.3. The van der Waals surface area contributed by atoms with Crippen molar-refractivity contribution in [1.82, 2.24) is 0 Å². The lowest BCUT2D eigenvalue weighted by Crippen LogP contribution is -1.94. The van der Waals surface area contributed by atoms with Crippen LogP contribution in [0.15, 0.2) is 58.3 Å². The Kier molecular flexibility index (Phi) is 3.76. The van der Waals surface area contributed by atoms with Gasteiger partial charge in [-0.05, 0) is 35.9 Å². The molecule has 0 radical (unpaired) electrons. The topological polar surface area (TPSA) is 50.1 Å². The van der Waals surface area contributed by atoms with Gasteiger partial charge in [-0.1, -0.05) is 36.0 Å². The molecule has 0 saturated heterocycles. The number of allylic oxidation sites excluding steroid dienone is 1. The predicted molar refractivity (Wildman–Crippen MR) is 82.2 cm³/mol. The summed E-state index contributed by atoms with van der Waals surface area (Å²) in [5, 5.41) is 8.46. The van der Waals surface area contributed by atoms with Gasteiger partial charge in [0.1, 0.15) is 11.8 Å². The van der Waals surface area contributed by atoms with Gasteiger partial charge in [-0.3, -0.25) is 4.79 Å². The van der Waals surface area contributed by atoms with E-state index < -0.39 is 0 Å². The van der Waals surface area contributed by atoms with Gasteiger partial charge in [0.2, 0.25) is 5.78 Å². The zero-order chi connectivity index (χ0) is 14.7. The van der Waals surface area contributed by atoms with Gasteiger partial charge >= 0.3 is 0 Å². The lowest BCUT2D eigenvalue weighted by Gasteiger charge is -2.01. The molecule has 0 bridgehead atoms. The number of nitrogens with zero attached hydrogens (tertiary/aromatic N) is 1. The van der Waals surface area contributed by atoms with Gasteiger partial charge in [0.25, 0.3) is 0 Å². The normalized spacial score (nSPS) is 14.8. The van der Waals surface area contributed by atoms with Crippen molar-refractivity contribution in [3.63, 3.8) is 0 Å². The Morgan fingerprint density at radius 3 is 2.62 bits per heavy atom. The number of thioether (sulfide) groups is 1. The van der Waals surface area contributed by atoms with Crippen LogP contribution >= 0.6 is 11.8 Å². The van der Waals surface area contributed by atoms with Gasteiger partial charge < -0.3 is 4.74 Å². The van der Waals surface area contributed by atoms with E-state index in [9.17, 15) is 4.79 Å². The van der Waals surface area contributed by atoms with Crippen LogP contribution < -0.4 is 4.74 Å². The summed E-state index contributed by atoms with van der Waals surface area (Å²) in [6.07, 6.45) is 1.88. The van der Waals surface area contributed by atoms with E-state index in [1.807, 2.05) is 48.5 Å². The first-order valence-corrected chi connectivity index (χ1v) is 7.22. The highest BCUT2D eigenvalue weighted by Crippen LogP contribution is 2.40. The molecule has 0 unspecified atom stereocenters. The molecule has 1 aliphatic heterocycles. The number of nitriles is 1. The van der Waals surface area contributed by atoms with E-state index in [-0.39, 0.29) is 12.4 Å². The van der Waals surface area contributed by atoms with E-state index in [1.54, 1.807) is 12.1 Å². The van der Waals surface area contributed by atoms with Crippen LogP contribution in [0.4, 0.5) is 0 Å². The zero-order valence-corrected chi connectivity index (χ0v) is 11.9. The number of benzene rings is 2. The van der Waals surface area contributed by atoms with Gasteiger partial charge in [-0.15, -0.1) is 0 Å². The average molecular weight is 293 g/mol. The predicted octanol–water partition coefficient (Wildman–Crippen LogP) is 3.92. The van der Waals surface area contributed by atoms with Crippen molar-refractivity contribution in [2.45, 2.75) is 4.90 Å². The quantitative estimate of drug-likeness (QED) is 0.805. The highest BCUT2D eigenvalue weighted by Gasteiger charge is 2.24. The number of ketones is 1. The molecule has 4 heteroatoms. The molecular weight excluding hydrogens is 282 g/mol. The molecule has 0 atom stereocenters.